The van der Waals surface area contributed by atoms with Crippen molar-refractivity contribution in [1.82, 2.24) is 9.13 Å². The second-order valence-electron chi connectivity index (χ2n) is 16.9. The van der Waals surface area contributed by atoms with Gasteiger partial charge in [-0.15, -0.1) is 0 Å². The monoisotopic (exact) mass is 856 g/mol. The summed E-state index contributed by atoms with van der Waals surface area (Å²) in [6.07, 6.45) is 3.81. The van der Waals surface area contributed by atoms with E-state index in [1.807, 2.05) is 6.07 Å². The SMILES string of the molecule is [c-]1n(-c2cccc(Oc3ccc4c5ccccc5n(C5=Nc6ccccc6-c6ccccc6-c6ccccc65)c4c3)c2)c2ccccc2[n+]1-c1c(-c2ccccc2)cccc1-c1ccccc1. The van der Waals surface area contributed by atoms with E-state index in [1.54, 1.807) is 0 Å². The molecule has 0 saturated heterocycles. The third-order valence-corrected chi connectivity index (χ3v) is 13.0. The summed E-state index contributed by atoms with van der Waals surface area (Å²) < 4.78 is 13.5. The van der Waals surface area contributed by atoms with E-state index in [9.17, 15) is 0 Å². The van der Waals surface area contributed by atoms with Crippen LogP contribution in [0.1, 0.15) is 5.56 Å². The molecule has 0 spiro atoms. The van der Waals surface area contributed by atoms with Gasteiger partial charge in [-0.25, -0.2) is 4.99 Å². The number of fused-ring (bicyclic) bond motifs is 9. The average Bonchev–Trinajstić information content (AvgIpc) is 3.94. The van der Waals surface area contributed by atoms with E-state index in [2.05, 4.69) is 257 Å². The maximum Gasteiger partial charge on any atom is 0.269 e. The van der Waals surface area contributed by atoms with Crippen molar-refractivity contribution in [3.63, 3.8) is 0 Å². The van der Waals surface area contributed by atoms with Crippen LogP contribution in [0.25, 0.3) is 88.7 Å². The summed E-state index contributed by atoms with van der Waals surface area (Å²) in [5, 5.41) is 2.27. The standard InChI is InChI=1S/C62H40N4O/c1-3-19-42(20-4-1)47-31-18-32-48(43-21-5-2-6-22-43)61(47)65-41-64(58-35-15-16-36-59(58)65)44-23-17-24-45(39-44)67-46-37-38-54-53-29-12-14-34-57(53)66(60(54)40-46)62-55-30-10-9-27-51(55)49-25-7-8-26-50(49)52-28-11-13-33-56(52)63-62/h1-40H. The Labute approximate surface area is 388 Å². The molecule has 0 saturated carbocycles. The molecule has 2 aromatic heterocycles. The highest BCUT2D eigenvalue weighted by molar-refractivity contribution is 6.20. The number of hydrogen-bond acceptors (Lipinski definition) is 2. The minimum absolute atomic E-state index is 0.714. The molecule has 314 valence electrons. The zero-order valence-electron chi connectivity index (χ0n) is 36.3. The first-order valence-corrected chi connectivity index (χ1v) is 22.6. The van der Waals surface area contributed by atoms with Gasteiger partial charge in [-0.05, 0) is 81.4 Å². The van der Waals surface area contributed by atoms with Crippen molar-refractivity contribution < 1.29 is 9.30 Å². The van der Waals surface area contributed by atoms with E-state index in [0.717, 1.165) is 100 Å². The molecule has 67 heavy (non-hydrogen) atoms. The first-order valence-electron chi connectivity index (χ1n) is 22.6. The minimum Gasteiger partial charge on any atom is -0.458 e. The van der Waals surface area contributed by atoms with Crippen molar-refractivity contribution in [3.05, 3.63) is 255 Å². The van der Waals surface area contributed by atoms with E-state index >= 15 is 0 Å². The third kappa shape index (κ3) is 6.47. The van der Waals surface area contributed by atoms with Crippen LogP contribution in [-0.4, -0.2) is 15.0 Å². The van der Waals surface area contributed by atoms with Crippen molar-refractivity contribution in [1.29, 1.82) is 0 Å². The van der Waals surface area contributed by atoms with Gasteiger partial charge in [0, 0.05) is 28.0 Å². The smallest absolute Gasteiger partial charge is 0.269 e. The van der Waals surface area contributed by atoms with Crippen molar-refractivity contribution in [2.24, 2.45) is 4.99 Å². The zero-order chi connectivity index (χ0) is 44.3. The quantitative estimate of drug-likeness (QED) is 0.121. The van der Waals surface area contributed by atoms with Gasteiger partial charge in [-0.3, -0.25) is 13.7 Å². The van der Waals surface area contributed by atoms with Crippen molar-refractivity contribution >= 4 is 44.4 Å². The Hall–Kier alpha value is -9.06. The lowest BCUT2D eigenvalue weighted by atomic mass is 9.89. The summed E-state index contributed by atoms with van der Waals surface area (Å²) in [5.74, 6) is 2.29. The molecule has 0 fully saturated rings. The molecule has 0 radical (unpaired) electrons. The Kier molecular flexibility index (Phi) is 9.10. The number of rotatable bonds is 6. The normalized spacial score (nSPS) is 12.0. The van der Waals surface area contributed by atoms with Crippen LogP contribution >= 0.6 is 0 Å². The van der Waals surface area contributed by atoms with Crippen LogP contribution in [0.2, 0.25) is 0 Å². The molecule has 3 heterocycles. The zero-order valence-corrected chi connectivity index (χ0v) is 36.3. The molecule has 5 heteroatoms. The van der Waals surface area contributed by atoms with E-state index in [0.29, 0.717) is 5.75 Å². The number of hydrogen-bond donors (Lipinski definition) is 0. The van der Waals surface area contributed by atoms with E-state index in [4.69, 9.17) is 9.73 Å². The van der Waals surface area contributed by atoms with Crippen LogP contribution in [-0.2, 0) is 0 Å². The van der Waals surface area contributed by atoms with Gasteiger partial charge in [0.2, 0.25) is 0 Å². The summed E-state index contributed by atoms with van der Waals surface area (Å²) in [4.78, 5) is 5.57. The molecule has 0 N–H and O–H groups in total. The van der Waals surface area contributed by atoms with Crippen LogP contribution in [0.3, 0.4) is 0 Å². The van der Waals surface area contributed by atoms with Crippen molar-refractivity contribution in [2.45, 2.75) is 0 Å². The van der Waals surface area contributed by atoms with Gasteiger partial charge in [-0.2, -0.15) is 0 Å². The molecule has 0 bridgehead atoms. The van der Waals surface area contributed by atoms with Crippen LogP contribution < -0.4 is 9.30 Å². The first kappa shape index (κ1) is 38.4. The fraction of sp³-hybridized carbons (Fsp3) is 0. The third-order valence-electron chi connectivity index (χ3n) is 13.0. The Morgan fingerprint density at radius 3 is 1.67 bits per heavy atom. The molecular formula is C62H40N4O. The molecule has 0 aliphatic carbocycles. The lowest BCUT2D eigenvalue weighted by molar-refractivity contribution is -0.571. The summed E-state index contributed by atoms with van der Waals surface area (Å²) in [6.45, 7) is 0. The molecule has 12 aromatic rings. The van der Waals surface area contributed by atoms with Gasteiger partial charge in [0.15, 0.2) is 0 Å². The molecule has 5 nitrogen and oxygen atoms in total. The molecule has 1 aliphatic heterocycles. The number of ether oxygens (including phenoxy) is 1. The van der Waals surface area contributed by atoms with Crippen LogP contribution in [0.15, 0.2) is 248 Å². The molecule has 0 atom stereocenters. The van der Waals surface area contributed by atoms with Gasteiger partial charge in [0.05, 0.1) is 39.1 Å². The largest absolute Gasteiger partial charge is 0.458 e. The summed E-state index contributed by atoms with van der Waals surface area (Å²) in [7, 11) is 0. The number of aromatic nitrogens is 3. The predicted octanol–water partition coefficient (Wildman–Crippen LogP) is 15.2. The highest BCUT2D eigenvalue weighted by Crippen LogP contribution is 2.43. The number of para-hydroxylation sites is 5. The molecule has 13 rings (SSSR count). The maximum absolute atomic E-state index is 6.87. The summed E-state index contributed by atoms with van der Waals surface area (Å²) >= 11 is 0. The molecule has 1 aliphatic rings. The van der Waals surface area contributed by atoms with Crippen LogP contribution in [0, 0.1) is 6.33 Å². The lowest BCUT2D eigenvalue weighted by Crippen LogP contribution is -2.31. The molecule has 10 aromatic carbocycles. The number of nitrogens with zero attached hydrogens (tertiary/aromatic N) is 4. The van der Waals surface area contributed by atoms with Crippen molar-refractivity contribution in [3.8, 4) is 67.4 Å². The van der Waals surface area contributed by atoms with Gasteiger partial charge in [-0.1, -0.05) is 194 Å². The fourth-order valence-corrected chi connectivity index (χ4v) is 9.98. The first-order chi connectivity index (χ1) is 33.2. The molecule has 0 unspecified atom stereocenters. The second-order valence-corrected chi connectivity index (χ2v) is 16.9. The maximum atomic E-state index is 6.87. The number of imidazole rings is 1. The van der Waals surface area contributed by atoms with Gasteiger partial charge < -0.3 is 4.74 Å². The number of benzene rings is 10. The number of aliphatic imine (C=N–C) groups is 1. The van der Waals surface area contributed by atoms with Crippen LogP contribution in [0.5, 0.6) is 11.5 Å². The lowest BCUT2D eigenvalue weighted by Gasteiger charge is -2.21. The highest BCUT2D eigenvalue weighted by Gasteiger charge is 2.25. The van der Waals surface area contributed by atoms with E-state index < -0.39 is 0 Å². The second kappa shape index (κ2) is 15.9. The molecular weight excluding hydrogens is 817 g/mol. The predicted molar refractivity (Wildman–Crippen MR) is 273 cm³/mol. The Morgan fingerprint density at radius 2 is 0.925 bits per heavy atom. The van der Waals surface area contributed by atoms with Gasteiger partial charge >= 0.3 is 0 Å². The molecule has 0 amide bonds. The average molecular weight is 857 g/mol. The fourth-order valence-electron chi connectivity index (χ4n) is 9.98. The van der Waals surface area contributed by atoms with Crippen molar-refractivity contribution in [2.75, 3.05) is 0 Å². The Balaban J connectivity index is 0.946. The summed E-state index contributed by atoms with van der Waals surface area (Å²) in [5.41, 5.74) is 17.2. The highest BCUT2D eigenvalue weighted by atomic mass is 16.5. The Bertz CT molecular complexity index is 3840. The minimum atomic E-state index is 0.714. The van der Waals surface area contributed by atoms with Gasteiger partial charge in [0.25, 0.3) is 6.33 Å². The van der Waals surface area contributed by atoms with E-state index in [-0.39, 0.29) is 0 Å². The topological polar surface area (TPSA) is 35.3 Å². The van der Waals surface area contributed by atoms with Gasteiger partial charge in [0.1, 0.15) is 17.3 Å². The van der Waals surface area contributed by atoms with Crippen LogP contribution in [0.4, 0.5) is 5.69 Å². The Morgan fingerprint density at radius 1 is 0.388 bits per heavy atom. The summed E-state index contributed by atoms with van der Waals surface area (Å²) in [6, 6.07) is 85.3. The van der Waals surface area contributed by atoms with E-state index in [1.165, 1.54) is 11.1 Å².